The molecule has 0 aromatic heterocycles. The number of carbonyl (C=O) groups excluding carboxylic acids is 1. The molecule has 5 N–H and O–H groups in total. The van der Waals surface area contributed by atoms with E-state index in [1.54, 1.807) is 6.92 Å². The first-order chi connectivity index (χ1) is 6.45. The molecule has 1 unspecified atom stereocenters. The predicted octanol–water partition coefficient (Wildman–Crippen LogP) is -2.60. The highest BCUT2D eigenvalue weighted by Crippen LogP contribution is 2.09. The molecule has 0 bridgehead atoms. The van der Waals surface area contributed by atoms with E-state index < -0.39 is 30.5 Å². The van der Waals surface area contributed by atoms with Crippen molar-refractivity contribution in [2.75, 3.05) is 0 Å². The van der Waals surface area contributed by atoms with Crippen LogP contribution in [0.25, 0.3) is 0 Å². The van der Waals surface area contributed by atoms with E-state index in [0.29, 0.717) is 0 Å². The monoisotopic (exact) mass is 208 g/mol. The van der Waals surface area contributed by atoms with Crippen molar-refractivity contribution < 1.29 is 30.3 Å². The molecule has 0 aliphatic carbocycles. The smallest absolute Gasteiger partial charge is 0.151 e. The summed E-state index contributed by atoms with van der Waals surface area (Å²) in [5.41, 5.74) is 0. The zero-order valence-electron chi connectivity index (χ0n) is 7.82. The van der Waals surface area contributed by atoms with Crippen LogP contribution >= 0.6 is 0 Å². The average Bonchev–Trinajstić information content (AvgIpc) is 2.23. The SMILES string of the molecule is CCC(O)[C@@H](O)[C@@H](O)[C@H](O)[C@@H](O)C=O. The Labute approximate surface area is 81.4 Å². The van der Waals surface area contributed by atoms with E-state index in [1.165, 1.54) is 0 Å². The molecule has 0 fully saturated rings. The fraction of sp³-hybridized carbons (Fsp3) is 0.875. The topological polar surface area (TPSA) is 118 Å². The minimum atomic E-state index is -1.80. The first kappa shape index (κ1) is 13.5. The average molecular weight is 208 g/mol. The summed E-state index contributed by atoms with van der Waals surface area (Å²) in [6.07, 6.45) is -7.92. The van der Waals surface area contributed by atoms with Crippen molar-refractivity contribution in [2.24, 2.45) is 0 Å². The Balaban J connectivity index is 4.29. The molecule has 0 aromatic rings. The lowest BCUT2D eigenvalue weighted by Crippen LogP contribution is -2.49. The second-order valence-electron chi connectivity index (χ2n) is 3.07. The quantitative estimate of drug-likeness (QED) is 0.305. The summed E-state index contributed by atoms with van der Waals surface area (Å²) in [5.74, 6) is 0. The second-order valence-corrected chi connectivity index (χ2v) is 3.07. The van der Waals surface area contributed by atoms with E-state index in [1.807, 2.05) is 0 Å². The van der Waals surface area contributed by atoms with Crippen molar-refractivity contribution >= 4 is 6.29 Å². The fourth-order valence-electron chi connectivity index (χ4n) is 0.954. The maximum Gasteiger partial charge on any atom is 0.151 e. The van der Waals surface area contributed by atoms with Gasteiger partial charge < -0.3 is 30.3 Å². The van der Waals surface area contributed by atoms with Gasteiger partial charge in [0.05, 0.1) is 6.10 Å². The molecule has 0 spiro atoms. The predicted molar refractivity (Wildman–Crippen MR) is 46.4 cm³/mol. The first-order valence-corrected chi connectivity index (χ1v) is 4.31. The highest BCUT2D eigenvalue weighted by Gasteiger charge is 2.33. The summed E-state index contributed by atoms with van der Waals surface area (Å²) in [6.45, 7) is 1.57. The number of hydrogen-bond donors (Lipinski definition) is 5. The van der Waals surface area contributed by atoms with Gasteiger partial charge in [0, 0.05) is 0 Å². The van der Waals surface area contributed by atoms with Gasteiger partial charge in [0.1, 0.15) is 24.4 Å². The third kappa shape index (κ3) is 3.32. The van der Waals surface area contributed by atoms with E-state index in [9.17, 15) is 15.0 Å². The van der Waals surface area contributed by atoms with Crippen LogP contribution in [-0.2, 0) is 4.79 Å². The summed E-state index contributed by atoms with van der Waals surface area (Å²) in [7, 11) is 0. The Bertz CT molecular complexity index is 173. The Hall–Kier alpha value is -0.530. The Morgan fingerprint density at radius 2 is 1.50 bits per heavy atom. The molecular formula is C8H16O6. The minimum Gasteiger partial charge on any atom is -0.390 e. The molecule has 0 saturated heterocycles. The highest BCUT2D eigenvalue weighted by molar-refractivity contribution is 5.56. The number of aliphatic hydroxyl groups is 5. The molecule has 0 rings (SSSR count). The van der Waals surface area contributed by atoms with Crippen LogP contribution in [0.4, 0.5) is 0 Å². The van der Waals surface area contributed by atoms with Crippen molar-refractivity contribution in [2.45, 2.75) is 43.9 Å². The van der Waals surface area contributed by atoms with Crippen molar-refractivity contribution in [3.63, 3.8) is 0 Å². The lowest BCUT2D eigenvalue weighted by Gasteiger charge is -2.26. The van der Waals surface area contributed by atoms with Crippen LogP contribution in [0, 0.1) is 0 Å². The van der Waals surface area contributed by atoms with E-state index in [4.69, 9.17) is 15.3 Å². The van der Waals surface area contributed by atoms with Crippen LogP contribution in [0.2, 0.25) is 0 Å². The van der Waals surface area contributed by atoms with Crippen molar-refractivity contribution in [3.05, 3.63) is 0 Å². The van der Waals surface area contributed by atoms with Crippen LogP contribution in [0.3, 0.4) is 0 Å². The summed E-state index contributed by atoms with van der Waals surface area (Å²) in [5, 5.41) is 45.5. The van der Waals surface area contributed by atoms with Gasteiger partial charge in [-0.1, -0.05) is 6.92 Å². The second kappa shape index (κ2) is 6.05. The molecule has 5 atom stereocenters. The molecule has 6 nitrogen and oxygen atoms in total. The molecule has 0 aliphatic heterocycles. The van der Waals surface area contributed by atoms with Crippen LogP contribution in [0.15, 0.2) is 0 Å². The summed E-state index contributed by atoms with van der Waals surface area (Å²) in [4.78, 5) is 10.0. The van der Waals surface area contributed by atoms with Crippen molar-refractivity contribution in [1.82, 2.24) is 0 Å². The van der Waals surface area contributed by atoms with E-state index >= 15 is 0 Å². The maximum atomic E-state index is 10.0. The van der Waals surface area contributed by atoms with Gasteiger partial charge in [-0.2, -0.15) is 0 Å². The number of hydrogen-bond acceptors (Lipinski definition) is 6. The lowest BCUT2D eigenvalue weighted by atomic mass is 9.98. The number of rotatable bonds is 6. The van der Waals surface area contributed by atoms with Crippen molar-refractivity contribution in [1.29, 1.82) is 0 Å². The number of carbonyl (C=O) groups is 1. The lowest BCUT2D eigenvalue weighted by molar-refractivity contribution is -0.144. The van der Waals surface area contributed by atoms with Crippen LogP contribution in [-0.4, -0.2) is 62.3 Å². The van der Waals surface area contributed by atoms with E-state index in [2.05, 4.69) is 0 Å². The van der Waals surface area contributed by atoms with Gasteiger partial charge >= 0.3 is 0 Å². The first-order valence-electron chi connectivity index (χ1n) is 4.31. The zero-order valence-corrected chi connectivity index (χ0v) is 7.82. The van der Waals surface area contributed by atoms with Gasteiger partial charge in [-0.05, 0) is 6.42 Å². The third-order valence-electron chi connectivity index (χ3n) is 2.00. The van der Waals surface area contributed by atoms with E-state index in [-0.39, 0.29) is 12.7 Å². The zero-order chi connectivity index (χ0) is 11.3. The van der Waals surface area contributed by atoms with Crippen LogP contribution < -0.4 is 0 Å². The summed E-state index contributed by atoms with van der Waals surface area (Å²) < 4.78 is 0. The fourth-order valence-corrected chi connectivity index (χ4v) is 0.954. The Kier molecular flexibility index (Phi) is 5.82. The van der Waals surface area contributed by atoms with Crippen LogP contribution in [0.5, 0.6) is 0 Å². The number of aliphatic hydroxyl groups excluding tert-OH is 5. The third-order valence-corrected chi connectivity index (χ3v) is 2.00. The van der Waals surface area contributed by atoms with Gasteiger partial charge in [-0.25, -0.2) is 0 Å². The molecule has 0 aromatic carbocycles. The normalized spacial score (nSPS) is 22.1. The van der Waals surface area contributed by atoms with Crippen LogP contribution in [0.1, 0.15) is 13.3 Å². The standard InChI is InChI=1S/C8H16O6/c1-2-4(10)6(12)8(14)7(13)5(11)3-9/h3-8,10-14H,2H2,1H3/t4?,5-,6+,7+,8+/m0/s1. The molecule has 6 heteroatoms. The summed E-state index contributed by atoms with van der Waals surface area (Å²) in [6, 6.07) is 0. The number of aldehydes is 1. The molecular weight excluding hydrogens is 192 g/mol. The van der Waals surface area contributed by atoms with E-state index in [0.717, 1.165) is 0 Å². The van der Waals surface area contributed by atoms with Gasteiger partial charge in [0.25, 0.3) is 0 Å². The molecule has 0 heterocycles. The largest absolute Gasteiger partial charge is 0.390 e. The Morgan fingerprint density at radius 3 is 1.86 bits per heavy atom. The van der Waals surface area contributed by atoms with Gasteiger partial charge in [0.15, 0.2) is 6.29 Å². The molecule has 0 saturated carbocycles. The maximum absolute atomic E-state index is 10.0. The van der Waals surface area contributed by atoms with Gasteiger partial charge in [-0.15, -0.1) is 0 Å². The molecule has 0 amide bonds. The summed E-state index contributed by atoms with van der Waals surface area (Å²) >= 11 is 0. The van der Waals surface area contributed by atoms with Gasteiger partial charge in [0.2, 0.25) is 0 Å². The highest BCUT2D eigenvalue weighted by atomic mass is 16.4. The molecule has 0 aliphatic rings. The molecule has 84 valence electrons. The van der Waals surface area contributed by atoms with Gasteiger partial charge in [-0.3, -0.25) is 0 Å². The molecule has 0 radical (unpaired) electrons. The Morgan fingerprint density at radius 1 is 1.00 bits per heavy atom. The molecule has 14 heavy (non-hydrogen) atoms. The minimum absolute atomic E-state index is 0.0406. The van der Waals surface area contributed by atoms with Crippen molar-refractivity contribution in [3.8, 4) is 0 Å².